The molecule has 0 fully saturated rings. The Morgan fingerprint density at radius 2 is 1.88 bits per heavy atom. The van der Waals surface area contributed by atoms with Crippen LogP contribution in [-0.2, 0) is 16.0 Å². The number of hydrogen-bond donors (Lipinski definition) is 1. The van der Waals surface area contributed by atoms with Crippen molar-refractivity contribution in [1.29, 1.82) is 0 Å². The first-order chi connectivity index (χ1) is 12.2. The summed E-state index contributed by atoms with van der Waals surface area (Å²) in [7, 11) is 1.31. The molecular formula is C20H21NO4. The van der Waals surface area contributed by atoms with Crippen molar-refractivity contribution in [3.63, 3.8) is 0 Å². The predicted molar refractivity (Wildman–Crippen MR) is 93.5 cm³/mol. The fraction of sp³-hybridized carbons (Fsp3) is 0.300. The third-order valence-electron chi connectivity index (χ3n) is 4.36. The van der Waals surface area contributed by atoms with Crippen LogP contribution in [-0.4, -0.2) is 25.6 Å². The highest BCUT2D eigenvalue weighted by Gasteiger charge is 2.21. The highest BCUT2D eigenvalue weighted by molar-refractivity contribution is 5.92. The molecule has 0 radical (unpaired) electrons. The van der Waals surface area contributed by atoms with Gasteiger partial charge in [0.25, 0.3) is 5.91 Å². The molecule has 0 saturated carbocycles. The van der Waals surface area contributed by atoms with Gasteiger partial charge in [0.05, 0.1) is 13.2 Å². The largest absolute Gasteiger partial charge is 0.483 e. The molecule has 0 saturated heterocycles. The van der Waals surface area contributed by atoms with Gasteiger partial charge in [-0.15, -0.1) is 0 Å². The number of methoxy groups -OCH3 is 1. The third kappa shape index (κ3) is 3.99. The Morgan fingerprint density at radius 3 is 2.72 bits per heavy atom. The minimum Gasteiger partial charge on any atom is -0.483 e. The van der Waals surface area contributed by atoms with Gasteiger partial charge in [0.1, 0.15) is 11.3 Å². The average molecular weight is 339 g/mol. The lowest BCUT2D eigenvalue weighted by Gasteiger charge is -2.26. The molecule has 25 heavy (non-hydrogen) atoms. The number of amides is 1. The van der Waals surface area contributed by atoms with Gasteiger partial charge in [0, 0.05) is 0 Å². The molecular weight excluding hydrogens is 318 g/mol. The Balaban J connectivity index is 1.62. The van der Waals surface area contributed by atoms with Gasteiger partial charge in [-0.05, 0) is 42.5 Å². The molecule has 0 aliphatic heterocycles. The molecule has 1 aliphatic carbocycles. The molecule has 3 rings (SSSR count). The van der Waals surface area contributed by atoms with Gasteiger partial charge < -0.3 is 14.8 Å². The summed E-state index contributed by atoms with van der Waals surface area (Å²) in [5, 5.41) is 3.03. The minimum absolute atomic E-state index is 0.0110. The topological polar surface area (TPSA) is 64.6 Å². The summed E-state index contributed by atoms with van der Waals surface area (Å²) >= 11 is 0. The van der Waals surface area contributed by atoms with E-state index in [0.29, 0.717) is 11.3 Å². The summed E-state index contributed by atoms with van der Waals surface area (Å²) < 4.78 is 10.3. The Hall–Kier alpha value is -2.82. The molecule has 2 aromatic rings. The van der Waals surface area contributed by atoms with Gasteiger partial charge in [0.2, 0.25) is 0 Å². The SMILES string of the molecule is COC(=O)c1ccccc1OCC(=O)NC1CCCc2ccccc21. The summed E-state index contributed by atoms with van der Waals surface area (Å²) in [4.78, 5) is 24.0. The zero-order chi connectivity index (χ0) is 17.6. The predicted octanol–water partition coefficient (Wildman–Crippen LogP) is 3.05. The Morgan fingerprint density at radius 1 is 1.12 bits per heavy atom. The van der Waals surface area contributed by atoms with Crippen LogP contribution in [0.15, 0.2) is 48.5 Å². The van der Waals surface area contributed by atoms with Gasteiger partial charge in [-0.2, -0.15) is 0 Å². The standard InChI is InChI=1S/C20H21NO4/c1-24-20(23)16-10-4-5-12-18(16)25-13-19(22)21-17-11-6-8-14-7-2-3-9-15(14)17/h2-5,7,9-10,12,17H,6,8,11,13H2,1H3,(H,21,22). The molecule has 1 amide bonds. The number of hydrogen-bond acceptors (Lipinski definition) is 4. The summed E-state index contributed by atoms with van der Waals surface area (Å²) in [5.41, 5.74) is 2.77. The van der Waals surface area contributed by atoms with E-state index in [2.05, 4.69) is 17.4 Å². The fourth-order valence-electron chi connectivity index (χ4n) is 3.15. The van der Waals surface area contributed by atoms with Crippen LogP contribution in [0.3, 0.4) is 0 Å². The Labute approximate surface area is 147 Å². The highest BCUT2D eigenvalue weighted by Crippen LogP contribution is 2.29. The van der Waals surface area contributed by atoms with E-state index in [4.69, 9.17) is 9.47 Å². The van der Waals surface area contributed by atoms with E-state index in [1.165, 1.54) is 18.2 Å². The van der Waals surface area contributed by atoms with Crippen molar-refractivity contribution >= 4 is 11.9 Å². The number of para-hydroxylation sites is 1. The first-order valence-electron chi connectivity index (χ1n) is 8.36. The van der Waals surface area contributed by atoms with Crippen molar-refractivity contribution in [3.8, 4) is 5.75 Å². The number of ether oxygens (including phenoxy) is 2. The number of aryl methyl sites for hydroxylation is 1. The molecule has 0 bridgehead atoms. The molecule has 1 aliphatic rings. The maximum absolute atomic E-state index is 12.3. The quantitative estimate of drug-likeness (QED) is 0.851. The average Bonchev–Trinajstić information content (AvgIpc) is 2.66. The number of rotatable bonds is 5. The number of carbonyl (C=O) groups excluding carboxylic acids is 2. The number of esters is 1. The van der Waals surface area contributed by atoms with Gasteiger partial charge in [-0.1, -0.05) is 36.4 Å². The van der Waals surface area contributed by atoms with E-state index in [1.807, 2.05) is 12.1 Å². The van der Waals surface area contributed by atoms with E-state index in [1.54, 1.807) is 24.3 Å². The molecule has 1 atom stereocenters. The van der Waals surface area contributed by atoms with Crippen LogP contribution in [0.4, 0.5) is 0 Å². The molecule has 1 unspecified atom stereocenters. The van der Waals surface area contributed by atoms with Crippen molar-refractivity contribution < 1.29 is 19.1 Å². The monoisotopic (exact) mass is 339 g/mol. The minimum atomic E-state index is -0.489. The van der Waals surface area contributed by atoms with E-state index in [0.717, 1.165) is 19.3 Å². The zero-order valence-corrected chi connectivity index (χ0v) is 14.2. The maximum Gasteiger partial charge on any atom is 0.341 e. The van der Waals surface area contributed by atoms with Crippen molar-refractivity contribution in [2.45, 2.75) is 25.3 Å². The van der Waals surface area contributed by atoms with E-state index >= 15 is 0 Å². The fourth-order valence-corrected chi connectivity index (χ4v) is 3.15. The van der Waals surface area contributed by atoms with Gasteiger partial charge in [-0.25, -0.2) is 4.79 Å². The number of carbonyl (C=O) groups is 2. The van der Waals surface area contributed by atoms with Gasteiger partial charge >= 0.3 is 5.97 Å². The highest BCUT2D eigenvalue weighted by atomic mass is 16.5. The van der Waals surface area contributed by atoms with Crippen LogP contribution < -0.4 is 10.1 Å². The molecule has 130 valence electrons. The Kier molecular flexibility index (Phi) is 5.33. The molecule has 5 nitrogen and oxygen atoms in total. The third-order valence-corrected chi connectivity index (χ3v) is 4.36. The number of nitrogens with one attached hydrogen (secondary N) is 1. The van der Waals surface area contributed by atoms with Crippen molar-refractivity contribution in [3.05, 3.63) is 65.2 Å². The normalized spacial score (nSPS) is 15.8. The van der Waals surface area contributed by atoms with Gasteiger partial charge in [-0.3, -0.25) is 4.79 Å². The van der Waals surface area contributed by atoms with Crippen LogP contribution >= 0.6 is 0 Å². The summed E-state index contributed by atoms with van der Waals surface area (Å²) in [5.74, 6) is -0.355. The second kappa shape index (κ2) is 7.83. The van der Waals surface area contributed by atoms with Crippen LogP contribution in [0, 0.1) is 0 Å². The van der Waals surface area contributed by atoms with Crippen molar-refractivity contribution in [2.24, 2.45) is 0 Å². The molecule has 0 aromatic heterocycles. The van der Waals surface area contributed by atoms with Crippen molar-refractivity contribution in [2.75, 3.05) is 13.7 Å². The summed E-state index contributed by atoms with van der Waals surface area (Å²) in [6.45, 7) is -0.146. The lowest BCUT2D eigenvalue weighted by atomic mass is 9.88. The van der Waals surface area contributed by atoms with Crippen LogP contribution in [0.5, 0.6) is 5.75 Å². The summed E-state index contributed by atoms with van der Waals surface area (Å²) in [6.07, 6.45) is 3.01. The molecule has 5 heteroatoms. The molecule has 0 heterocycles. The zero-order valence-electron chi connectivity index (χ0n) is 14.2. The van der Waals surface area contributed by atoms with E-state index in [9.17, 15) is 9.59 Å². The number of fused-ring (bicyclic) bond motifs is 1. The second-order valence-corrected chi connectivity index (χ2v) is 5.99. The smallest absolute Gasteiger partial charge is 0.341 e. The lowest BCUT2D eigenvalue weighted by Crippen LogP contribution is -2.34. The van der Waals surface area contributed by atoms with Gasteiger partial charge in [0.15, 0.2) is 6.61 Å². The lowest BCUT2D eigenvalue weighted by molar-refractivity contribution is -0.124. The van der Waals surface area contributed by atoms with Crippen molar-refractivity contribution in [1.82, 2.24) is 5.32 Å². The van der Waals surface area contributed by atoms with Crippen LogP contribution in [0.1, 0.15) is 40.4 Å². The number of benzene rings is 2. The first-order valence-corrected chi connectivity index (χ1v) is 8.36. The Bertz CT molecular complexity index is 772. The second-order valence-electron chi connectivity index (χ2n) is 5.99. The maximum atomic E-state index is 12.3. The van der Waals surface area contributed by atoms with Crippen LogP contribution in [0.2, 0.25) is 0 Å². The molecule has 0 spiro atoms. The summed E-state index contributed by atoms with van der Waals surface area (Å²) in [6, 6.07) is 14.9. The first kappa shape index (κ1) is 17.0. The van der Waals surface area contributed by atoms with E-state index in [-0.39, 0.29) is 18.6 Å². The van der Waals surface area contributed by atoms with E-state index < -0.39 is 5.97 Å². The van der Waals surface area contributed by atoms with Crippen LogP contribution in [0.25, 0.3) is 0 Å². The molecule has 1 N–H and O–H groups in total. The molecule has 2 aromatic carbocycles.